The first kappa shape index (κ1) is 23.7. The van der Waals surface area contributed by atoms with Gasteiger partial charge in [-0.3, -0.25) is 4.79 Å². The number of hydrogen-bond acceptors (Lipinski definition) is 13. The fourth-order valence-corrected chi connectivity index (χ4v) is 4.94. The summed E-state index contributed by atoms with van der Waals surface area (Å²) in [6.45, 7) is -2.28. The van der Waals surface area contributed by atoms with Crippen LogP contribution in [0.5, 0.6) is 0 Å². The first-order chi connectivity index (χ1) is 14.0. The summed E-state index contributed by atoms with van der Waals surface area (Å²) >= 11 is 5.83. The van der Waals surface area contributed by atoms with E-state index in [4.69, 9.17) is 21.5 Å². The van der Waals surface area contributed by atoms with E-state index in [1.165, 1.54) is 0 Å². The number of esters is 1. The fourth-order valence-electron chi connectivity index (χ4n) is 2.30. The number of nitrogens with zero attached hydrogens (tertiary/aromatic N) is 3. The van der Waals surface area contributed by atoms with Gasteiger partial charge in [-0.1, -0.05) is 11.6 Å². The summed E-state index contributed by atoms with van der Waals surface area (Å²) in [5, 5.41) is 11.6. The van der Waals surface area contributed by atoms with Crippen LogP contribution in [0.4, 0.5) is 5.69 Å². The summed E-state index contributed by atoms with van der Waals surface area (Å²) in [4.78, 5) is 39.4. The first-order valence-electron chi connectivity index (χ1n) is 7.69. The van der Waals surface area contributed by atoms with Gasteiger partial charge in [0, 0.05) is 0 Å². The molecule has 1 aromatic carbocycles. The van der Waals surface area contributed by atoms with Crippen molar-refractivity contribution in [3.63, 3.8) is 0 Å². The second-order valence-corrected chi connectivity index (χ2v) is 9.47. The molecular weight excluding hydrogens is 474 g/mol. The predicted octanol–water partition coefficient (Wildman–Crippen LogP) is -0.331. The van der Waals surface area contributed by atoms with Crippen LogP contribution in [0.2, 0.25) is 5.02 Å². The maximum absolute atomic E-state index is 12.8. The number of benzene rings is 1. The Morgan fingerprint density at radius 1 is 1.30 bits per heavy atom. The molecule has 0 saturated heterocycles. The lowest BCUT2D eigenvalue weighted by Crippen LogP contribution is -2.43. The van der Waals surface area contributed by atoms with E-state index in [-0.39, 0.29) is 17.4 Å². The molecule has 3 N–H and O–H groups in total. The zero-order valence-electron chi connectivity index (χ0n) is 14.8. The van der Waals surface area contributed by atoms with Crippen molar-refractivity contribution in [2.24, 2.45) is 15.8 Å². The van der Waals surface area contributed by atoms with Gasteiger partial charge in [-0.05, 0) is 12.1 Å². The number of rotatable bonds is 10. The molecule has 1 aliphatic heterocycles. The second-order valence-electron chi connectivity index (χ2n) is 5.63. The van der Waals surface area contributed by atoms with E-state index in [9.17, 15) is 31.4 Å². The van der Waals surface area contributed by atoms with E-state index in [1.807, 2.05) is 0 Å². The van der Waals surface area contributed by atoms with Gasteiger partial charge < -0.3 is 19.7 Å². The largest absolute Gasteiger partial charge is 0.460 e. The predicted molar refractivity (Wildman–Crippen MR) is 98.6 cm³/mol. The van der Waals surface area contributed by atoms with Crippen molar-refractivity contribution in [3.8, 4) is 0 Å². The van der Waals surface area contributed by atoms with Crippen molar-refractivity contribution in [3.05, 3.63) is 27.0 Å². The molecule has 1 atom stereocenters. The van der Waals surface area contributed by atoms with E-state index in [1.54, 1.807) is 0 Å². The zero-order valence-corrected chi connectivity index (χ0v) is 17.1. The van der Waals surface area contributed by atoms with Crippen molar-refractivity contribution < 1.29 is 36.0 Å². The molecule has 0 unspecified atom stereocenters. The molecular formula is C12H14ClN5O10S2. The molecule has 1 heterocycles. The topological polar surface area (TPSA) is 213 Å². The summed E-state index contributed by atoms with van der Waals surface area (Å²) in [6.07, 6.45) is -1.25. The van der Waals surface area contributed by atoms with Crippen LogP contribution >= 0.6 is 11.6 Å². The van der Waals surface area contributed by atoms with E-state index < -0.39 is 61.7 Å². The Labute approximate surface area is 174 Å². The van der Waals surface area contributed by atoms with E-state index in [2.05, 4.69) is 25.7 Å². The Balaban J connectivity index is 2.15. The average Bonchev–Trinajstić information content (AvgIpc) is 2.65. The molecule has 1 aliphatic rings. The number of hydrogen-bond donors (Lipinski definition) is 2. The normalized spacial score (nSPS) is 16.5. The number of anilines is 1. The van der Waals surface area contributed by atoms with Gasteiger partial charge in [0.1, 0.15) is 22.9 Å². The van der Waals surface area contributed by atoms with Crippen LogP contribution in [-0.2, 0) is 39.3 Å². The Kier molecular flexibility index (Phi) is 7.48. The number of sulfonamides is 2. The van der Waals surface area contributed by atoms with Gasteiger partial charge in [0.2, 0.25) is 26.2 Å². The van der Waals surface area contributed by atoms with Crippen molar-refractivity contribution >= 4 is 43.3 Å². The van der Waals surface area contributed by atoms with Gasteiger partial charge in [0.15, 0.2) is 17.3 Å². The summed E-state index contributed by atoms with van der Waals surface area (Å²) in [5.74, 6) is -1.05. The molecule has 166 valence electrons. The SMILES string of the molecule is NS(=O)(=O)c1cc2c(cc1Cl)NCN(CC(=O)OC[C@H](CON=O)ON=O)S2(=O)=O. The fraction of sp³-hybridized carbons (Fsp3) is 0.417. The Bertz CT molecular complexity index is 1050. The van der Waals surface area contributed by atoms with Crippen LogP contribution in [0.1, 0.15) is 0 Å². The molecule has 0 aromatic heterocycles. The molecule has 18 heteroatoms. The zero-order chi connectivity index (χ0) is 22.5. The van der Waals surface area contributed by atoms with Gasteiger partial charge in [0.25, 0.3) is 0 Å². The summed E-state index contributed by atoms with van der Waals surface area (Å²) in [6, 6.07) is 1.86. The number of carbonyl (C=O) groups excluding carboxylic acids is 1. The van der Waals surface area contributed by atoms with Crippen molar-refractivity contribution in [1.82, 2.24) is 4.31 Å². The smallest absolute Gasteiger partial charge is 0.321 e. The number of nitrogens with one attached hydrogen (secondary N) is 1. The lowest BCUT2D eigenvalue weighted by Gasteiger charge is -2.29. The number of primary sulfonamides is 1. The van der Waals surface area contributed by atoms with E-state index in [0.717, 1.165) is 12.1 Å². The second kappa shape index (κ2) is 9.47. The van der Waals surface area contributed by atoms with Crippen LogP contribution in [0.25, 0.3) is 0 Å². The summed E-state index contributed by atoms with van der Waals surface area (Å²) in [5.41, 5.74) is 0.0149. The van der Waals surface area contributed by atoms with Crippen LogP contribution < -0.4 is 10.5 Å². The van der Waals surface area contributed by atoms with Crippen molar-refractivity contribution in [1.29, 1.82) is 0 Å². The van der Waals surface area contributed by atoms with Crippen molar-refractivity contribution in [2.45, 2.75) is 15.9 Å². The molecule has 0 bridgehead atoms. The first-order valence-corrected chi connectivity index (χ1v) is 11.1. The molecule has 0 radical (unpaired) electrons. The summed E-state index contributed by atoms with van der Waals surface area (Å²) < 4.78 is 54.2. The minimum atomic E-state index is -4.33. The number of carbonyl (C=O) groups is 1. The van der Waals surface area contributed by atoms with Crippen molar-refractivity contribution in [2.75, 3.05) is 31.7 Å². The molecule has 0 spiro atoms. The third kappa shape index (κ3) is 5.51. The minimum Gasteiger partial charge on any atom is -0.460 e. The highest BCUT2D eigenvalue weighted by atomic mass is 35.5. The minimum absolute atomic E-state index is 0.0149. The van der Waals surface area contributed by atoms with E-state index >= 15 is 0 Å². The van der Waals surface area contributed by atoms with Gasteiger partial charge in [0.05, 0.1) is 17.4 Å². The van der Waals surface area contributed by atoms with Gasteiger partial charge >= 0.3 is 5.97 Å². The number of fused-ring (bicyclic) bond motifs is 1. The highest BCUT2D eigenvalue weighted by Crippen LogP contribution is 2.35. The third-order valence-corrected chi connectivity index (χ3v) is 6.85. The average molecular weight is 488 g/mol. The molecule has 30 heavy (non-hydrogen) atoms. The Morgan fingerprint density at radius 2 is 2.00 bits per heavy atom. The highest BCUT2D eigenvalue weighted by molar-refractivity contribution is 7.90. The number of halogens is 1. The van der Waals surface area contributed by atoms with Gasteiger partial charge in [-0.25, -0.2) is 22.0 Å². The molecule has 0 fully saturated rings. The highest BCUT2D eigenvalue weighted by Gasteiger charge is 2.35. The maximum Gasteiger partial charge on any atom is 0.321 e. The maximum atomic E-state index is 12.8. The van der Waals surface area contributed by atoms with Crippen LogP contribution in [0.15, 0.2) is 32.6 Å². The third-order valence-electron chi connectivity index (χ3n) is 3.65. The molecule has 2 rings (SSSR count). The lowest BCUT2D eigenvalue weighted by molar-refractivity contribution is -0.150. The van der Waals surface area contributed by atoms with Crippen LogP contribution in [-0.4, -0.2) is 59.6 Å². The van der Waals surface area contributed by atoms with Crippen LogP contribution in [0.3, 0.4) is 0 Å². The molecule has 0 aliphatic carbocycles. The molecule has 0 saturated carbocycles. The number of ether oxygens (including phenoxy) is 1. The quantitative estimate of drug-likeness (QED) is 0.247. The van der Waals surface area contributed by atoms with E-state index in [0.29, 0.717) is 4.31 Å². The number of nitrogens with two attached hydrogens (primary N) is 1. The standard InChI is InChI=1S/C12H14ClN5O10S2/c13-8-1-9-11(2-10(8)29(14,22)23)30(24,25)18(6-15-9)3-12(19)26-4-7(28-17-21)5-27-16-20/h1-2,7,15H,3-6H2,(H2,14,22,23)/t7-/m1/s1. The van der Waals surface area contributed by atoms with Gasteiger partial charge in [-0.2, -0.15) is 4.31 Å². The monoisotopic (exact) mass is 487 g/mol. The van der Waals surface area contributed by atoms with Crippen LogP contribution in [0, 0.1) is 9.81 Å². The van der Waals surface area contributed by atoms with Gasteiger partial charge in [-0.15, -0.1) is 9.81 Å². The molecule has 1 aromatic rings. The Hall–Kier alpha value is -2.60. The Morgan fingerprint density at radius 3 is 2.60 bits per heavy atom. The molecule has 15 nitrogen and oxygen atoms in total. The summed E-state index contributed by atoms with van der Waals surface area (Å²) in [7, 11) is -8.64. The molecule has 0 amide bonds. The lowest BCUT2D eigenvalue weighted by atomic mass is 10.3.